The maximum Gasteiger partial charge on any atom is 0.328 e. The molecule has 0 unspecified atom stereocenters. The Labute approximate surface area is 209 Å². The first-order valence-corrected chi connectivity index (χ1v) is 12.2. The van der Waals surface area contributed by atoms with Gasteiger partial charge in [-0.15, -0.1) is 0 Å². The number of rotatable bonds is 7. The monoisotopic (exact) mass is 490 g/mol. The highest BCUT2D eigenvalue weighted by Crippen LogP contribution is 2.38. The van der Waals surface area contributed by atoms with E-state index in [0.29, 0.717) is 56.7 Å². The normalized spacial score (nSPS) is 17.8. The number of piperidine rings is 1. The lowest BCUT2D eigenvalue weighted by Gasteiger charge is -2.42. The number of urea groups is 1. The first-order valence-electron chi connectivity index (χ1n) is 12.2. The summed E-state index contributed by atoms with van der Waals surface area (Å²) < 4.78 is 27.5. The van der Waals surface area contributed by atoms with Crippen LogP contribution in [0.15, 0.2) is 72.9 Å². The van der Waals surface area contributed by atoms with Crippen LogP contribution in [0.4, 0.5) is 13.6 Å². The van der Waals surface area contributed by atoms with Crippen LogP contribution in [0.25, 0.3) is 0 Å². The molecule has 2 fully saturated rings. The molecule has 0 bridgehead atoms. The molecule has 1 aromatic heterocycles. The zero-order valence-electron chi connectivity index (χ0n) is 19.9. The summed E-state index contributed by atoms with van der Waals surface area (Å²) in [5, 5.41) is 0. The number of hydrogen-bond donors (Lipinski definition) is 0. The third-order valence-corrected chi connectivity index (χ3v) is 7.23. The van der Waals surface area contributed by atoms with Gasteiger partial charge in [0.1, 0.15) is 17.2 Å². The minimum atomic E-state index is -0.932. The molecular weight excluding hydrogens is 462 g/mol. The van der Waals surface area contributed by atoms with Crippen LogP contribution >= 0.6 is 0 Å². The van der Waals surface area contributed by atoms with Crippen molar-refractivity contribution in [3.8, 4) is 0 Å². The van der Waals surface area contributed by atoms with E-state index in [0.717, 1.165) is 11.6 Å². The van der Waals surface area contributed by atoms with Crippen LogP contribution in [0.5, 0.6) is 0 Å². The fourth-order valence-electron chi connectivity index (χ4n) is 5.23. The largest absolute Gasteiger partial charge is 0.328 e. The fraction of sp³-hybridized carbons (Fsp3) is 0.321. The Morgan fingerprint density at radius 3 is 2.33 bits per heavy atom. The number of carbonyl (C=O) groups is 2. The van der Waals surface area contributed by atoms with Gasteiger partial charge in [0.25, 0.3) is 5.91 Å². The molecule has 6 nitrogen and oxygen atoms in total. The quantitative estimate of drug-likeness (QED) is 0.461. The van der Waals surface area contributed by atoms with Crippen molar-refractivity contribution >= 4 is 11.9 Å². The van der Waals surface area contributed by atoms with E-state index in [1.165, 1.54) is 17.0 Å². The van der Waals surface area contributed by atoms with Gasteiger partial charge < -0.3 is 4.90 Å². The van der Waals surface area contributed by atoms with Crippen molar-refractivity contribution in [1.29, 1.82) is 0 Å². The topological polar surface area (TPSA) is 56.8 Å². The molecule has 0 N–H and O–H groups in total. The molecular formula is C28H28F2N4O2. The molecule has 3 heterocycles. The number of likely N-dealkylation sites (tertiary alicyclic amines) is 1. The van der Waals surface area contributed by atoms with Crippen LogP contribution in [-0.2, 0) is 24.3 Å². The summed E-state index contributed by atoms with van der Waals surface area (Å²) in [7, 11) is 0. The number of carbonyl (C=O) groups excluding carboxylic acids is 2. The highest BCUT2D eigenvalue weighted by molar-refractivity contribution is 6.07. The number of nitrogens with zero attached hydrogens (tertiary/aromatic N) is 4. The Hall–Kier alpha value is -3.65. The van der Waals surface area contributed by atoms with E-state index in [4.69, 9.17) is 0 Å². The molecule has 3 aromatic rings. The predicted molar refractivity (Wildman–Crippen MR) is 131 cm³/mol. The number of aromatic nitrogens is 1. The maximum atomic E-state index is 14.2. The van der Waals surface area contributed by atoms with Gasteiger partial charge in [0, 0.05) is 44.0 Å². The average molecular weight is 491 g/mol. The molecule has 2 aliphatic rings. The standard InChI is InChI=1S/C28H28F2N4O2/c29-23-10-9-22(25(30)18-23)19-32-16-12-28(13-17-32)26(35)33(20-24-8-4-5-14-31-24)27(36)34(28)15-11-21-6-2-1-3-7-21/h1-10,14,18H,11-13,15-17,19-20H2. The van der Waals surface area contributed by atoms with E-state index < -0.39 is 17.2 Å². The summed E-state index contributed by atoms with van der Waals surface area (Å²) in [6.07, 6.45) is 3.20. The third-order valence-electron chi connectivity index (χ3n) is 7.23. The molecule has 0 aliphatic carbocycles. The van der Waals surface area contributed by atoms with Crippen LogP contribution < -0.4 is 0 Å². The number of amides is 3. The van der Waals surface area contributed by atoms with Crippen LogP contribution in [0.1, 0.15) is 29.7 Å². The van der Waals surface area contributed by atoms with Crippen molar-refractivity contribution < 1.29 is 18.4 Å². The lowest BCUT2D eigenvalue weighted by atomic mass is 9.85. The van der Waals surface area contributed by atoms with Crippen molar-refractivity contribution in [2.24, 2.45) is 0 Å². The lowest BCUT2D eigenvalue weighted by molar-refractivity contribution is -0.136. The van der Waals surface area contributed by atoms with Gasteiger partial charge in [0.15, 0.2) is 0 Å². The van der Waals surface area contributed by atoms with Gasteiger partial charge in [-0.2, -0.15) is 0 Å². The number of pyridine rings is 1. The summed E-state index contributed by atoms with van der Waals surface area (Å²) >= 11 is 0. The number of halogens is 2. The van der Waals surface area contributed by atoms with Crippen molar-refractivity contribution in [1.82, 2.24) is 19.7 Å². The van der Waals surface area contributed by atoms with E-state index in [1.54, 1.807) is 23.2 Å². The second-order valence-corrected chi connectivity index (χ2v) is 9.43. The van der Waals surface area contributed by atoms with Gasteiger partial charge in [-0.25, -0.2) is 13.6 Å². The summed E-state index contributed by atoms with van der Waals surface area (Å²) in [6, 6.07) is 18.6. The van der Waals surface area contributed by atoms with Gasteiger partial charge in [0.2, 0.25) is 0 Å². The van der Waals surface area contributed by atoms with Crippen molar-refractivity contribution in [3.63, 3.8) is 0 Å². The summed E-state index contributed by atoms with van der Waals surface area (Å²) in [5.41, 5.74) is 1.24. The molecule has 5 rings (SSSR count). The van der Waals surface area contributed by atoms with E-state index in [-0.39, 0.29) is 18.5 Å². The molecule has 36 heavy (non-hydrogen) atoms. The summed E-state index contributed by atoms with van der Waals surface area (Å²) in [5.74, 6) is -1.38. The van der Waals surface area contributed by atoms with Gasteiger partial charge in [-0.3, -0.25) is 19.6 Å². The average Bonchev–Trinajstić information content (AvgIpc) is 3.08. The Kier molecular flexibility index (Phi) is 6.78. The van der Waals surface area contributed by atoms with Crippen LogP contribution in [0.2, 0.25) is 0 Å². The Morgan fingerprint density at radius 2 is 1.64 bits per heavy atom. The Balaban J connectivity index is 1.35. The van der Waals surface area contributed by atoms with E-state index in [9.17, 15) is 18.4 Å². The molecule has 0 saturated carbocycles. The molecule has 8 heteroatoms. The number of benzene rings is 2. The molecule has 1 spiro atoms. The van der Waals surface area contributed by atoms with E-state index in [1.807, 2.05) is 36.4 Å². The van der Waals surface area contributed by atoms with Gasteiger partial charge >= 0.3 is 6.03 Å². The highest BCUT2D eigenvalue weighted by Gasteiger charge is 2.57. The smallest absolute Gasteiger partial charge is 0.309 e. The van der Waals surface area contributed by atoms with Gasteiger partial charge in [-0.1, -0.05) is 42.5 Å². The predicted octanol–water partition coefficient (Wildman–Crippen LogP) is 4.40. The molecule has 186 valence electrons. The van der Waals surface area contributed by atoms with Crippen LogP contribution in [0.3, 0.4) is 0 Å². The fourth-order valence-corrected chi connectivity index (χ4v) is 5.23. The van der Waals surface area contributed by atoms with Crippen molar-refractivity contribution in [2.75, 3.05) is 19.6 Å². The minimum Gasteiger partial charge on any atom is -0.309 e. The number of imide groups is 1. The SMILES string of the molecule is O=C1N(Cc2ccccn2)C(=O)C2(CCN(Cc3ccc(F)cc3F)CC2)N1CCc1ccccc1. The summed E-state index contributed by atoms with van der Waals surface area (Å²) in [4.78, 5) is 36.8. The van der Waals surface area contributed by atoms with E-state index >= 15 is 0 Å². The van der Waals surface area contributed by atoms with Gasteiger partial charge in [0.05, 0.1) is 12.2 Å². The van der Waals surface area contributed by atoms with Crippen molar-refractivity contribution in [2.45, 2.75) is 37.9 Å². The summed E-state index contributed by atoms with van der Waals surface area (Å²) in [6.45, 7) is 1.93. The molecule has 2 aliphatic heterocycles. The zero-order valence-corrected chi connectivity index (χ0v) is 19.9. The molecule has 0 atom stereocenters. The van der Waals surface area contributed by atoms with E-state index in [2.05, 4.69) is 9.88 Å². The van der Waals surface area contributed by atoms with Crippen molar-refractivity contribution in [3.05, 3.63) is 101 Å². The first kappa shape index (κ1) is 24.1. The Morgan fingerprint density at radius 1 is 0.889 bits per heavy atom. The van der Waals surface area contributed by atoms with Gasteiger partial charge in [-0.05, 0) is 43.0 Å². The molecule has 2 saturated heterocycles. The maximum absolute atomic E-state index is 14.2. The number of hydrogen-bond acceptors (Lipinski definition) is 4. The molecule has 2 aromatic carbocycles. The lowest BCUT2D eigenvalue weighted by Crippen LogP contribution is -2.56. The first-order chi connectivity index (χ1) is 17.5. The second-order valence-electron chi connectivity index (χ2n) is 9.43. The zero-order chi connectivity index (χ0) is 25.1. The Bertz CT molecular complexity index is 1230. The minimum absolute atomic E-state index is 0.132. The highest BCUT2D eigenvalue weighted by atomic mass is 19.1. The second kappa shape index (κ2) is 10.1. The third kappa shape index (κ3) is 4.73. The molecule has 0 radical (unpaired) electrons. The molecule has 3 amide bonds. The van der Waals surface area contributed by atoms with Crippen LogP contribution in [-0.4, -0.2) is 56.8 Å². The van der Waals surface area contributed by atoms with Crippen LogP contribution in [0, 0.1) is 11.6 Å².